The number of hydrazine groups is 1. The van der Waals surface area contributed by atoms with Gasteiger partial charge in [-0.3, -0.25) is 20.4 Å². The van der Waals surface area contributed by atoms with E-state index in [1.54, 1.807) is 19.9 Å². The molecule has 1 aromatic heterocycles. The molecule has 0 atom stereocenters. The summed E-state index contributed by atoms with van der Waals surface area (Å²) < 4.78 is 30.0. The molecule has 34 heavy (non-hydrogen) atoms. The Hall–Kier alpha value is -4.41. The van der Waals surface area contributed by atoms with Crippen LogP contribution in [0.2, 0.25) is 0 Å². The Bertz CT molecular complexity index is 1220. The number of rotatable bonds is 7. The van der Waals surface area contributed by atoms with Crippen LogP contribution in [-0.2, 0) is 9.53 Å². The molecule has 0 saturated heterocycles. The van der Waals surface area contributed by atoms with E-state index in [-0.39, 0.29) is 11.1 Å². The molecular formula is C23H23FN4O6. The quantitative estimate of drug-likeness (QED) is 0.401. The van der Waals surface area contributed by atoms with Crippen LogP contribution in [0, 0.1) is 19.7 Å². The summed E-state index contributed by atoms with van der Waals surface area (Å²) in [6, 6.07) is 10.1. The molecule has 11 heteroatoms. The topological polar surface area (TPSA) is 121 Å². The fourth-order valence-corrected chi connectivity index (χ4v) is 3.19. The molecule has 0 spiro atoms. The number of methoxy groups -OCH3 is 2. The minimum atomic E-state index is -0.760. The van der Waals surface area contributed by atoms with Crippen molar-refractivity contribution in [3.05, 3.63) is 70.8 Å². The molecule has 2 N–H and O–H groups in total. The van der Waals surface area contributed by atoms with Crippen LogP contribution in [0.1, 0.15) is 32.1 Å². The summed E-state index contributed by atoms with van der Waals surface area (Å²) in [5, 5.41) is 4.29. The number of halogens is 1. The number of nitrogens with one attached hydrogen (secondary N) is 2. The van der Waals surface area contributed by atoms with Crippen LogP contribution in [0.3, 0.4) is 0 Å². The second kappa shape index (κ2) is 10.5. The van der Waals surface area contributed by atoms with E-state index in [4.69, 9.17) is 14.2 Å². The number of hydrogen-bond acceptors (Lipinski definition) is 7. The van der Waals surface area contributed by atoms with Gasteiger partial charge in [0.15, 0.2) is 18.1 Å². The van der Waals surface area contributed by atoms with Crippen molar-refractivity contribution in [1.29, 1.82) is 0 Å². The predicted octanol–water partition coefficient (Wildman–Crippen LogP) is 2.26. The van der Waals surface area contributed by atoms with Crippen LogP contribution in [0.5, 0.6) is 11.5 Å². The fourth-order valence-electron chi connectivity index (χ4n) is 3.19. The van der Waals surface area contributed by atoms with Crippen molar-refractivity contribution in [3.63, 3.8) is 0 Å². The molecule has 10 nitrogen and oxygen atoms in total. The minimum absolute atomic E-state index is 0.187. The molecule has 0 radical (unpaired) electrons. The molecule has 0 aliphatic rings. The Labute approximate surface area is 194 Å². The standard InChI is InChI=1S/C23H23FN4O6/c1-13-21(14(2)28(27-13)17-8-6-16(24)7-9-17)23(31)34-12-20(29)25-26-22(30)15-5-10-18(32-3)19(11-15)33-4/h5-11H,12H2,1-4H3,(H,25,29)(H,26,30). The van der Waals surface area contributed by atoms with E-state index in [1.807, 2.05) is 0 Å². The van der Waals surface area contributed by atoms with Gasteiger partial charge in [-0.25, -0.2) is 13.9 Å². The Kier molecular flexibility index (Phi) is 7.46. The van der Waals surface area contributed by atoms with Crippen LogP contribution >= 0.6 is 0 Å². The SMILES string of the molecule is COc1ccc(C(=O)NNC(=O)COC(=O)c2c(C)nn(-c3ccc(F)cc3)c2C)cc1OC. The molecule has 0 aliphatic carbocycles. The van der Waals surface area contributed by atoms with Crippen LogP contribution in [0.25, 0.3) is 5.69 Å². The number of benzene rings is 2. The van der Waals surface area contributed by atoms with Gasteiger partial charge in [0.2, 0.25) is 0 Å². The largest absolute Gasteiger partial charge is 0.493 e. The first kappa shape index (κ1) is 24.2. The average molecular weight is 470 g/mol. The van der Waals surface area contributed by atoms with Gasteiger partial charge < -0.3 is 14.2 Å². The first-order valence-electron chi connectivity index (χ1n) is 10.1. The third-order valence-electron chi connectivity index (χ3n) is 4.86. The van der Waals surface area contributed by atoms with Crippen molar-refractivity contribution < 1.29 is 33.0 Å². The van der Waals surface area contributed by atoms with Gasteiger partial charge in [-0.15, -0.1) is 0 Å². The Balaban J connectivity index is 1.58. The predicted molar refractivity (Wildman–Crippen MR) is 118 cm³/mol. The number of amides is 2. The summed E-state index contributed by atoms with van der Waals surface area (Å²) in [6.45, 7) is 2.64. The Morgan fingerprint density at radius 1 is 0.971 bits per heavy atom. The van der Waals surface area contributed by atoms with E-state index in [2.05, 4.69) is 16.0 Å². The second-order valence-corrected chi connectivity index (χ2v) is 7.08. The lowest BCUT2D eigenvalue weighted by molar-refractivity contribution is -0.125. The first-order chi connectivity index (χ1) is 16.2. The highest BCUT2D eigenvalue weighted by Crippen LogP contribution is 2.27. The van der Waals surface area contributed by atoms with Crippen LogP contribution in [0.15, 0.2) is 42.5 Å². The number of aryl methyl sites for hydroxylation is 1. The number of hydrogen-bond donors (Lipinski definition) is 2. The highest BCUT2D eigenvalue weighted by atomic mass is 19.1. The van der Waals surface area contributed by atoms with Crippen molar-refractivity contribution in [2.75, 3.05) is 20.8 Å². The summed E-state index contributed by atoms with van der Waals surface area (Å²) in [6.07, 6.45) is 0. The molecular weight excluding hydrogens is 447 g/mol. The smallest absolute Gasteiger partial charge is 0.342 e. The minimum Gasteiger partial charge on any atom is -0.493 e. The van der Waals surface area contributed by atoms with E-state index in [1.165, 1.54) is 55.3 Å². The molecule has 0 unspecified atom stereocenters. The average Bonchev–Trinajstić information content (AvgIpc) is 3.14. The number of aromatic nitrogens is 2. The van der Waals surface area contributed by atoms with E-state index in [0.29, 0.717) is 28.6 Å². The van der Waals surface area contributed by atoms with Crippen molar-refractivity contribution >= 4 is 17.8 Å². The number of carbonyl (C=O) groups is 3. The number of esters is 1. The first-order valence-corrected chi connectivity index (χ1v) is 10.1. The highest BCUT2D eigenvalue weighted by molar-refractivity contribution is 5.97. The van der Waals surface area contributed by atoms with Crippen LogP contribution in [0.4, 0.5) is 4.39 Å². The molecule has 0 saturated carbocycles. The maximum Gasteiger partial charge on any atom is 0.342 e. The third kappa shape index (κ3) is 5.31. The van der Waals surface area contributed by atoms with Gasteiger partial charge >= 0.3 is 5.97 Å². The van der Waals surface area contributed by atoms with Crippen molar-refractivity contribution in [2.45, 2.75) is 13.8 Å². The highest BCUT2D eigenvalue weighted by Gasteiger charge is 2.22. The zero-order valence-corrected chi connectivity index (χ0v) is 19.0. The number of carbonyl (C=O) groups excluding carboxylic acids is 3. The number of nitrogens with zero attached hydrogens (tertiary/aromatic N) is 2. The Morgan fingerprint density at radius 3 is 2.29 bits per heavy atom. The zero-order valence-electron chi connectivity index (χ0n) is 19.0. The fraction of sp³-hybridized carbons (Fsp3) is 0.217. The molecule has 2 amide bonds. The molecule has 0 bridgehead atoms. The second-order valence-electron chi connectivity index (χ2n) is 7.08. The van der Waals surface area contributed by atoms with Crippen molar-refractivity contribution in [2.24, 2.45) is 0 Å². The lowest BCUT2D eigenvalue weighted by atomic mass is 10.2. The van der Waals surface area contributed by atoms with Crippen LogP contribution < -0.4 is 20.3 Å². The van der Waals surface area contributed by atoms with E-state index < -0.39 is 30.2 Å². The summed E-state index contributed by atoms with van der Waals surface area (Å²) in [5.41, 5.74) is 6.23. The molecule has 0 fully saturated rings. The number of ether oxygens (including phenoxy) is 3. The molecule has 3 rings (SSSR count). The monoisotopic (exact) mass is 470 g/mol. The van der Waals surface area contributed by atoms with Gasteiger partial charge in [0, 0.05) is 5.56 Å². The van der Waals surface area contributed by atoms with E-state index in [0.717, 1.165) is 0 Å². The van der Waals surface area contributed by atoms with Crippen molar-refractivity contribution in [3.8, 4) is 17.2 Å². The molecule has 0 aliphatic heterocycles. The lowest BCUT2D eigenvalue weighted by Crippen LogP contribution is -2.43. The zero-order chi connectivity index (χ0) is 24.8. The molecule has 1 heterocycles. The van der Waals surface area contributed by atoms with Gasteiger partial charge in [0.1, 0.15) is 11.4 Å². The van der Waals surface area contributed by atoms with E-state index in [9.17, 15) is 18.8 Å². The normalized spacial score (nSPS) is 10.4. The Morgan fingerprint density at radius 2 is 1.65 bits per heavy atom. The van der Waals surface area contributed by atoms with Gasteiger partial charge in [-0.05, 0) is 56.3 Å². The maximum atomic E-state index is 13.2. The molecule has 3 aromatic rings. The molecule has 178 valence electrons. The van der Waals surface area contributed by atoms with Gasteiger partial charge in [0.05, 0.1) is 31.3 Å². The third-order valence-corrected chi connectivity index (χ3v) is 4.86. The van der Waals surface area contributed by atoms with Crippen LogP contribution in [-0.4, -0.2) is 48.4 Å². The van der Waals surface area contributed by atoms with E-state index >= 15 is 0 Å². The van der Waals surface area contributed by atoms with Gasteiger partial charge in [-0.1, -0.05) is 0 Å². The summed E-state index contributed by atoms with van der Waals surface area (Å²) in [5.74, 6) is -1.71. The summed E-state index contributed by atoms with van der Waals surface area (Å²) >= 11 is 0. The summed E-state index contributed by atoms with van der Waals surface area (Å²) in [7, 11) is 2.90. The van der Waals surface area contributed by atoms with Gasteiger partial charge in [-0.2, -0.15) is 5.10 Å². The maximum absolute atomic E-state index is 13.2. The molecule has 2 aromatic carbocycles. The van der Waals surface area contributed by atoms with Crippen molar-refractivity contribution in [1.82, 2.24) is 20.6 Å². The summed E-state index contributed by atoms with van der Waals surface area (Å²) in [4.78, 5) is 36.9. The lowest BCUT2D eigenvalue weighted by Gasteiger charge is -2.11. The van der Waals surface area contributed by atoms with Gasteiger partial charge in [0.25, 0.3) is 11.8 Å².